The molecule has 0 amide bonds. The molecule has 5 nitrogen and oxygen atoms in total. The molecule has 1 heterocycles. The minimum atomic E-state index is -0.393. The van der Waals surface area contributed by atoms with Crippen LogP contribution >= 0.6 is 0 Å². The summed E-state index contributed by atoms with van der Waals surface area (Å²) in [5.41, 5.74) is 0.395. The molecule has 0 aliphatic rings. The summed E-state index contributed by atoms with van der Waals surface area (Å²) in [6, 6.07) is 9.30. The SMILES string of the molecule is COCCn1oc(-c2ccccc2)nc1=O. The lowest BCUT2D eigenvalue weighted by atomic mass is 10.2. The van der Waals surface area contributed by atoms with Gasteiger partial charge in [-0.05, 0) is 12.1 Å². The summed E-state index contributed by atoms with van der Waals surface area (Å²) < 4.78 is 11.4. The first-order valence-corrected chi connectivity index (χ1v) is 4.94. The van der Waals surface area contributed by atoms with Gasteiger partial charge in [-0.25, -0.2) is 4.79 Å². The molecule has 0 fully saturated rings. The Morgan fingerprint density at radius 3 is 2.81 bits per heavy atom. The van der Waals surface area contributed by atoms with Crippen LogP contribution in [0.15, 0.2) is 39.6 Å². The molecule has 0 saturated heterocycles. The van der Waals surface area contributed by atoms with Crippen molar-refractivity contribution in [2.75, 3.05) is 13.7 Å². The van der Waals surface area contributed by atoms with Gasteiger partial charge in [0.15, 0.2) is 0 Å². The van der Waals surface area contributed by atoms with Gasteiger partial charge in [0.2, 0.25) is 0 Å². The number of nitrogens with zero attached hydrogens (tertiary/aromatic N) is 2. The normalized spacial score (nSPS) is 10.6. The van der Waals surface area contributed by atoms with Crippen LogP contribution in [-0.4, -0.2) is 23.4 Å². The van der Waals surface area contributed by atoms with Gasteiger partial charge < -0.3 is 9.26 Å². The number of ether oxygens (including phenoxy) is 1. The van der Waals surface area contributed by atoms with Crippen LogP contribution in [0.25, 0.3) is 11.5 Å². The number of hydrogen-bond acceptors (Lipinski definition) is 4. The fourth-order valence-electron chi connectivity index (χ4n) is 1.32. The largest absolute Gasteiger partial charge is 0.383 e. The minimum Gasteiger partial charge on any atom is -0.383 e. The molecule has 0 bridgehead atoms. The van der Waals surface area contributed by atoms with Crippen LogP contribution in [0, 0.1) is 0 Å². The Hall–Kier alpha value is -1.88. The van der Waals surface area contributed by atoms with Crippen molar-refractivity contribution in [3.8, 4) is 11.5 Å². The average molecular weight is 220 g/mol. The van der Waals surface area contributed by atoms with E-state index in [4.69, 9.17) is 9.26 Å². The van der Waals surface area contributed by atoms with E-state index in [1.165, 1.54) is 4.74 Å². The zero-order chi connectivity index (χ0) is 11.4. The standard InChI is InChI=1S/C11H12N2O3/c1-15-8-7-13-11(14)12-10(16-13)9-5-3-2-4-6-9/h2-6H,7-8H2,1H3. The van der Waals surface area contributed by atoms with Crippen LogP contribution in [0.5, 0.6) is 0 Å². The lowest BCUT2D eigenvalue weighted by Gasteiger charge is -1.97. The first-order valence-electron chi connectivity index (χ1n) is 4.94. The van der Waals surface area contributed by atoms with Gasteiger partial charge in [0.05, 0.1) is 13.2 Å². The molecule has 84 valence electrons. The molecule has 0 atom stereocenters. The zero-order valence-electron chi connectivity index (χ0n) is 8.92. The average Bonchev–Trinajstić information content (AvgIpc) is 2.69. The molecule has 0 aliphatic carbocycles. The van der Waals surface area contributed by atoms with Gasteiger partial charge in [0, 0.05) is 12.7 Å². The highest BCUT2D eigenvalue weighted by Gasteiger charge is 2.08. The van der Waals surface area contributed by atoms with E-state index in [9.17, 15) is 4.79 Å². The summed E-state index contributed by atoms with van der Waals surface area (Å²) in [6.45, 7) is 0.790. The predicted octanol–water partition coefficient (Wildman–Crippen LogP) is 1.15. The Morgan fingerprint density at radius 1 is 1.38 bits per heavy atom. The summed E-state index contributed by atoms with van der Waals surface area (Å²) >= 11 is 0. The lowest BCUT2D eigenvalue weighted by Crippen LogP contribution is -2.18. The van der Waals surface area contributed by atoms with Crippen molar-refractivity contribution in [1.82, 2.24) is 9.72 Å². The van der Waals surface area contributed by atoms with E-state index < -0.39 is 5.69 Å². The summed E-state index contributed by atoms with van der Waals surface area (Å²) in [5.74, 6) is 0.335. The fraction of sp³-hybridized carbons (Fsp3) is 0.273. The molecule has 0 unspecified atom stereocenters. The van der Waals surface area contributed by atoms with Gasteiger partial charge in [0.25, 0.3) is 5.89 Å². The van der Waals surface area contributed by atoms with Crippen LogP contribution in [0.2, 0.25) is 0 Å². The summed E-state index contributed by atoms with van der Waals surface area (Å²) in [6.07, 6.45) is 0. The Labute approximate surface area is 92.3 Å². The fourth-order valence-corrected chi connectivity index (χ4v) is 1.32. The van der Waals surface area contributed by atoms with E-state index >= 15 is 0 Å². The summed E-state index contributed by atoms with van der Waals surface area (Å²) in [5, 5.41) is 0. The van der Waals surface area contributed by atoms with Crippen molar-refractivity contribution in [3.05, 3.63) is 40.8 Å². The minimum absolute atomic E-state index is 0.335. The van der Waals surface area contributed by atoms with Gasteiger partial charge in [-0.2, -0.15) is 9.72 Å². The number of methoxy groups -OCH3 is 1. The number of aromatic nitrogens is 2. The Morgan fingerprint density at radius 2 is 2.12 bits per heavy atom. The van der Waals surface area contributed by atoms with Gasteiger partial charge in [0.1, 0.15) is 0 Å². The van der Waals surface area contributed by atoms with Crippen molar-refractivity contribution in [3.63, 3.8) is 0 Å². The number of hydrogen-bond donors (Lipinski definition) is 0. The number of benzene rings is 1. The summed E-state index contributed by atoms with van der Waals surface area (Å²) in [4.78, 5) is 15.2. The third-order valence-electron chi connectivity index (χ3n) is 2.13. The molecule has 0 N–H and O–H groups in total. The molecule has 2 aromatic rings. The van der Waals surface area contributed by atoms with Crippen molar-refractivity contribution in [2.24, 2.45) is 0 Å². The number of rotatable bonds is 4. The Kier molecular flexibility index (Phi) is 3.16. The molecule has 2 rings (SSSR count). The molecule has 0 aliphatic heterocycles. The Balaban J connectivity index is 2.28. The molecule has 0 saturated carbocycles. The third-order valence-corrected chi connectivity index (χ3v) is 2.13. The van der Waals surface area contributed by atoms with E-state index in [0.29, 0.717) is 19.0 Å². The van der Waals surface area contributed by atoms with Gasteiger partial charge in [-0.3, -0.25) is 0 Å². The van der Waals surface area contributed by atoms with E-state index in [0.717, 1.165) is 5.56 Å². The molecule has 0 spiro atoms. The second-order valence-corrected chi connectivity index (χ2v) is 3.25. The third kappa shape index (κ3) is 2.20. The topological polar surface area (TPSA) is 57.3 Å². The Bertz CT molecular complexity index is 501. The van der Waals surface area contributed by atoms with Crippen LogP contribution in [0.3, 0.4) is 0 Å². The molecular weight excluding hydrogens is 208 g/mol. The van der Waals surface area contributed by atoms with Crippen LogP contribution in [0.4, 0.5) is 0 Å². The summed E-state index contributed by atoms with van der Waals surface area (Å²) in [7, 11) is 1.57. The van der Waals surface area contributed by atoms with E-state index in [2.05, 4.69) is 4.98 Å². The van der Waals surface area contributed by atoms with E-state index in [-0.39, 0.29) is 0 Å². The van der Waals surface area contributed by atoms with Gasteiger partial charge in [-0.15, -0.1) is 0 Å². The maximum atomic E-state index is 11.4. The quantitative estimate of drug-likeness (QED) is 0.775. The first-order chi connectivity index (χ1) is 7.81. The van der Waals surface area contributed by atoms with Gasteiger partial charge in [-0.1, -0.05) is 18.2 Å². The van der Waals surface area contributed by atoms with Crippen LogP contribution in [-0.2, 0) is 11.3 Å². The van der Waals surface area contributed by atoms with Crippen molar-refractivity contribution in [2.45, 2.75) is 6.54 Å². The molecule has 1 aromatic heterocycles. The van der Waals surface area contributed by atoms with Crippen LogP contribution < -0.4 is 5.69 Å². The molecule has 0 radical (unpaired) electrons. The van der Waals surface area contributed by atoms with Crippen LogP contribution in [0.1, 0.15) is 0 Å². The first kappa shape index (κ1) is 10.6. The maximum Gasteiger partial charge on any atom is 0.380 e. The van der Waals surface area contributed by atoms with E-state index in [1.807, 2.05) is 30.3 Å². The second-order valence-electron chi connectivity index (χ2n) is 3.25. The lowest BCUT2D eigenvalue weighted by molar-refractivity contribution is 0.148. The molecule has 5 heteroatoms. The van der Waals surface area contributed by atoms with Crippen molar-refractivity contribution < 1.29 is 9.26 Å². The monoisotopic (exact) mass is 220 g/mol. The molecular formula is C11H12N2O3. The smallest absolute Gasteiger partial charge is 0.380 e. The second kappa shape index (κ2) is 4.76. The molecule has 16 heavy (non-hydrogen) atoms. The van der Waals surface area contributed by atoms with Gasteiger partial charge >= 0.3 is 5.69 Å². The highest BCUT2D eigenvalue weighted by Crippen LogP contribution is 2.13. The predicted molar refractivity (Wildman–Crippen MR) is 58.1 cm³/mol. The zero-order valence-corrected chi connectivity index (χ0v) is 8.92. The molecule has 1 aromatic carbocycles. The highest BCUT2D eigenvalue weighted by molar-refractivity contribution is 5.51. The van der Waals surface area contributed by atoms with Crippen molar-refractivity contribution in [1.29, 1.82) is 0 Å². The highest BCUT2D eigenvalue weighted by atomic mass is 16.5. The van der Waals surface area contributed by atoms with E-state index in [1.54, 1.807) is 7.11 Å². The van der Waals surface area contributed by atoms with Crippen molar-refractivity contribution >= 4 is 0 Å². The maximum absolute atomic E-state index is 11.4.